The van der Waals surface area contributed by atoms with E-state index in [0.29, 0.717) is 36.5 Å². The van der Waals surface area contributed by atoms with Crippen molar-refractivity contribution in [3.63, 3.8) is 0 Å². The third-order valence-corrected chi connectivity index (χ3v) is 7.69. The van der Waals surface area contributed by atoms with Crippen molar-refractivity contribution >= 4 is 46.3 Å². The quantitative estimate of drug-likeness (QED) is 0.0659. The van der Waals surface area contributed by atoms with E-state index in [2.05, 4.69) is 35.9 Å². The molecule has 1 aromatic carbocycles. The van der Waals surface area contributed by atoms with Gasteiger partial charge in [0.15, 0.2) is 5.52 Å². The van der Waals surface area contributed by atoms with Crippen LogP contribution in [-0.4, -0.2) is 84.5 Å². The Morgan fingerprint density at radius 3 is 2.46 bits per heavy atom. The van der Waals surface area contributed by atoms with Crippen molar-refractivity contribution in [1.29, 1.82) is 0 Å². The number of amides is 2. The Kier molecular flexibility index (Phi) is 13.7. The van der Waals surface area contributed by atoms with Crippen LogP contribution in [0.3, 0.4) is 0 Å². The molecular formula is C34H41N9O7. The molecule has 264 valence electrons. The number of hydrogen-bond donors (Lipinski definition) is 7. The lowest BCUT2D eigenvalue weighted by Crippen LogP contribution is -2.41. The Labute approximate surface area is 287 Å². The van der Waals surface area contributed by atoms with Crippen LogP contribution in [0.1, 0.15) is 60.3 Å². The number of unbranched alkanes of at least 4 members (excludes halogenated alkanes) is 3. The minimum atomic E-state index is -1.25. The van der Waals surface area contributed by atoms with Crippen LogP contribution in [0.2, 0.25) is 0 Å². The Morgan fingerprint density at radius 1 is 0.960 bits per heavy atom. The zero-order valence-electron chi connectivity index (χ0n) is 27.4. The van der Waals surface area contributed by atoms with E-state index in [1.807, 2.05) is 23.1 Å². The van der Waals surface area contributed by atoms with Crippen LogP contribution in [0, 0.1) is 0 Å². The molecule has 2 amide bonds. The molecule has 16 nitrogen and oxygen atoms in total. The van der Waals surface area contributed by atoms with E-state index in [1.165, 1.54) is 24.4 Å². The number of nitrogen functional groups attached to an aromatic ring is 1. The number of aromatic amines is 1. The number of carbonyl (C=O) groups is 4. The van der Waals surface area contributed by atoms with E-state index in [9.17, 15) is 34.2 Å². The first-order chi connectivity index (χ1) is 24.1. The molecular weight excluding hydrogens is 646 g/mol. The number of hydrogen-bond acceptors (Lipinski definition) is 11. The summed E-state index contributed by atoms with van der Waals surface area (Å²) in [4.78, 5) is 77.4. The number of carboxylic acid groups (broad SMARTS) is 2. The van der Waals surface area contributed by atoms with Crippen LogP contribution in [0.4, 0.5) is 11.5 Å². The number of H-pyrrole nitrogens is 1. The van der Waals surface area contributed by atoms with Gasteiger partial charge in [-0.15, -0.1) is 0 Å². The maximum atomic E-state index is 12.8. The van der Waals surface area contributed by atoms with Crippen molar-refractivity contribution in [2.45, 2.75) is 57.7 Å². The average Bonchev–Trinajstić information content (AvgIpc) is 3.09. The summed E-state index contributed by atoms with van der Waals surface area (Å²) in [5, 5.41) is 27.2. The molecule has 8 N–H and O–H groups in total. The molecule has 16 heteroatoms. The SMILES string of the molecule is Nc1cc2ncc(CNc3ccc(C(=O)NC(CCC(=O)NCCCCCCN(CC(=O)O)Cc4ccccn4)C(=O)O)cc3)nc2c(=O)[nH]1. The normalized spacial score (nSPS) is 11.6. The third kappa shape index (κ3) is 12.0. The summed E-state index contributed by atoms with van der Waals surface area (Å²) < 4.78 is 0. The fourth-order valence-electron chi connectivity index (χ4n) is 5.13. The lowest BCUT2D eigenvalue weighted by molar-refractivity contribution is -0.140. The molecule has 0 fully saturated rings. The Hall–Kier alpha value is -5.90. The van der Waals surface area contributed by atoms with E-state index in [0.717, 1.165) is 31.4 Å². The van der Waals surface area contributed by atoms with Crippen LogP contribution in [0.15, 0.2) is 65.7 Å². The highest BCUT2D eigenvalue weighted by molar-refractivity contribution is 5.97. The van der Waals surface area contributed by atoms with Crippen molar-refractivity contribution in [1.82, 2.24) is 35.5 Å². The number of nitrogens with one attached hydrogen (secondary N) is 4. The van der Waals surface area contributed by atoms with Crippen LogP contribution < -0.4 is 27.2 Å². The van der Waals surface area contributed by atoms with Gasteiger partial charge in [0.2, 0.25) is 5.91 Å². The smallest absolute Gasteiger partial charge is 0.326 e. The van der Waals surface area contributed by atoms with Crippen molar-refractivity contribution in [2.75, 3.05) is 30.7 Å². The van der Waals surface area contributed by atoms with Gasteiger partial charge in [-0.3, -0.25) is 34.0 Å². The number of rotatable bonds is 20. The minimum absolute atomic E-state index is 0.0688. The van der Waals surface area contributed by atoms with E-state index in [1.54, 1.807) is 18.3 Å². The zero-order chi connectivity index (χ0) is 35.9. The predicted molar refractivity (Wildman–Crippen MR) is 185 cm³/mol. The highest BCUT2D eigenvalue weighted by Crippen LogP contribution is 2.13. The van der Waals surface area contributed by atoms with Crippen LogP contribution in [-0.2, 0) is 27.5 Å². The second-order valence-corrected chi connectivity index (χ2v) is 11.7. The number of aromatic nitrogens is 4. The molecule has 3 aromatic heterocycles. The van der Waals surface area contributed by atoms with Gasteiger partial charge in [0.05, 0.1) is 36.2 Å². The summed E-state index contributed by atoms with van der Waals surface area (Å²) in [5.74, 6) is -2.85. The Morgan fingerprint density at radius 2 is 1.74 bits per heavy atom. The molecule has 0 aliphatic heterocycles. The van der Waals surface area contributed by atoms with Gasteiger partial charge < -0.3 is 36.9 Å². The first-order valence-electron chi connectivity index (χ1n) is 16.2. The number of aliphatic carboxylic acids is 2. The highest BCUT2D eigenvalue weighted by Gasteiger charge is 2.22. The molecule has 1 atom stereocenters. The number of carbonyl (C=O) groups excluding carboxylic acids is 2. The monoisotopic (exact) mass is 687 g/mol. The van der Waals surface area contributed by atoms with E-state index in [4.69, 9.17) is 5.73 Å². The van der Waals surface area contributed by atoms with Gasteiger partial charge in [-0.05, 0) is 62.2 Å². The molecule has 0 radical (unpaired) electrons. The summed E-state index contributed by atoms with van der Waals surface area (Å²) in [6.45, 7) is 1.68. The van der Waals surface area contributed by atoms with E-state index >= 15 is 0 Å². The van der Waals surface area contributed by atoms with Crippen molar-refractivity contribution < 1.29 is 29.4 Å². The summed E-state index contributed by atoms with van der Waals surface area (Å²) in [6.07, 6.45) is 6.26. The number of carboxylic acids is 2. The Balaban J connectivity index is 1.13. The van der Waals surface area contributed by atoms with Gasteiger partial charge in [-0.1, -0.05) is 18.9 Å². The van der Waals surface area contributed by atoms with Crippen molar-refractivity contribution in [2.24, 2.45) is 0 Å². The molecule has 4 aromatic rings. The van der Waals surface area contributed by atoms with Gasteiger partial charge in [-0.2, -0.15) is 0 Å². The van der Waals surface area contributed by atoms with Gasteiger partial charge in [-0.25, -0.2) is 9.78 Å². The Bertz CT molecular complexity index is 1820. The maximum absolute atomic E-state index is 12.8. The van der Waals surface area contributed by atoms with Gasteiger partial charge in [0, 0.05) is 43.0 Å². The minimum Gasteiger partial charge on any atom is -0.480 e. The molecule has 0 aliphatic rings. The molecule has 1 unspecified atom stereocenters. The maximum Gasteiger partial charge on any atom is 0.326 e. The number of nitrogens with two attached hydrogens (primary N) is 1. The van der Waals surface area contributed by atoms with Gasteiger partial charge in [0.1, 0.15) is 11.9 Å². The molecule has 3 heterocycles. The first kappa shape index (κ1) is 36.9. The fourth-order valence-corrected chi connectivity index (χ4v) is 5.13. The molecule has 0 saturated heterocycles. The second kappa shape index (κ2) is 18.6. The summed E-state index contributed by atoms with van der Waals surface area (Å²) in [5.41, 5.74) is 7.96. The topological polar surface area (TPSA) is 246 Å². The van der Waals surface area contributed by atoms with Crippen LogP contribution in [0.25, 0.3) is 11.0 Å². The fraction of sp³-hybridized carbons (Fsp3) is 0.353. The standard InChI is InChI=1S/C34H41N9O7/c35-28-17-27-31(33(48)42-28)40-25(19-39-27)18-38-23-10-8-22(9-11-23)32(47)41-26(34(49)50)12-13-29(44)37-15-4-1-2-6-16-43(21-30(45)46)20-24-7-3-5-14-36-24/h3,5,7-11,14,17,19,26,38H,1-2,4,6,12-13,15-16,18,20-21H2,(H,37,44)(H,41,47)(H,45,46)(H,49,50)(H3,35,42,48). The summed E-state index contributed by atoms with van der Waals surface area (Å²) >= 11 is 0. The lowest BCUT2D eigenvalue weighted by Gasteiger charge is -2.19. The number of pyridine rings is 2. The number of benzene rings is 1. The van der Waals surface area contributed by atoms with Crippen LogP contribution >= 0.6 is 0 Å². The van der Waals surface area contributed by atoms with E-state index < -0.39 is 29.4 Å². The molecule has 50 heavy (non-hydrogen) atoms. The number of fused-ring (bicyclic) bond motifs is 1. The summed E-state index contributed by atoms with van der Waals surface area (Å²) in [6, 6.07) is 12.2. The molecule has 0 bridgehead atoms. The highest BCUT2D eigenvalue weighted by atomic mass is 16.4. The molecule has 4 rings (SSSR count). The van der Waals surface area contributed by atoms with Gasteiger partial charge >= 0.3 is 11.9 Å². The van der Waals surface area contributed by atoms with Gasteiger partial charge in [0.25, 0.3) is 11.5 Å². The first-order valence-corrected chi connectivity index (χ1v) is 16.2. The molecule has 0 aliphatic carbocycles. The second-order valence-electron chi connectivity index (χ2n) is 11.7. The third-order valence-electron chi connectivity index (χ3n) is 7.69. The van der Waals surface area contributed by atoms with Crippen LogP contribution in [0.5, 0.6) is 0 Å². The van der Waals surface area contributed by atoms with E-state index in [-0.39, 0.29) is 48.7 Å². The molecule has 0 spiro atoms. The average molecular weight is 688 g/mol. The number of nitrogens with zero attached hydrogens (tertiary/aromatic N) is 4. The zero-order valence-corrected chi connectivity index (χ0v) is 27.4. The largest absolute Gasteiger partial charge is 0.480 e. The number of anilines is 2. The molecule has 0 saturated carbocycles. The predicted octanol–water partition coefficient (Wildman–Crippen LogP) is 2.13. The van der Waals surface area contributed by atoms with Crippen molar-refractivity contribution in [3.05, 3.63) is 88.2 Å². The van der Waals surface area contributed by atoms with Crippen molar-refractivity contribution in [3.8, 4) is 0 Å². The lowest BCUT2D eigenvalue weighted by atomic mass is 10.1. The summed E-state index contributed by atoms with van der Waals surface area (Å²) in [7, 11) is 0.